The van der Waals surface area contributed by atoms with Gasteiger partial charge in [-0.15, -0.1) is 0 Å². The van der Waals surface area contributed by atoms with Crippen LogP contribution in [-0.4, -0.2) is 168 Å². The van der Waals surface area contributed by atoms with Crippen molar-refractivity contribution >= 4 is 0 Å². The van der Waals surface area contributed by atoms with Gasteiger partial charge < -0.3 is 79.9 Å². The van der Waals surface area contributed by atoms with E-state index in [0.717, 1.165) is 0 Å². The molecule has 0 spiro atoms. The quantitative estimate of drug-likeness (QED) is 0.154. The van der Waals surface area contributed by atoms with Crippen molar-refractivity contribution in [3.05, 3.63) is 0 Å². The van der Waals surface area contributed by atoms with E-state index in [2.05, 4.69) is 0 Å². The lowest BCUT2D eigenvalue weighted by Crippen LogP contribution is -2.64. The molecule has 0 saturated carbocycles. The molecule has 0 aliphatic carbocycles. The zero-order valence-electron chi connectivity index (χ0n) is 17.7. The monoisotopic (exact) mass is 504 g/mol. The molecule has 11 N–H and O–H groups in total. The van der Waals surface area contributed by atoms with Gasteiger partial charge in [0.25, 0.3) is 0 Å². The summed E-state index contributed by atoms with van der Waals surface area (Å²) in [5.41, 5.74) is 0. The van der Waals surface area contributed by atoms with E-state index in [1.807, 2.05) is 0 Å². The molecule has 34 heavy (non-hydrogen) atoms. The van der Waals surface area contributed by atoms with Gasteiger partial charge in [0.1, 0.15) is 73.2 Å². The normalized spacial score (nSPS) is 52.5. The molecule has 0 unspecified atom stereocenters. The molecule has 200 valence electrons. The molecular formula is C18H32O16. The fourth-order valence-corrected chi connectivity index (χ4v) is 3.87. The average molecular weight is 504 g/mol. The summed E-state index contributed by atoms with van der Waals surface area (Å²) < 4.78 is 26.3. The standard InChI is InChI=1S/C18H32O16/c19-1-4-7(21)10(24)13(27)16(31-4)30-3-6-9(23)12(26)15(29)18(33-6)34-17-14(28)11(25)8(22)5(2-20)32-17/h4-29H,1-3H2/t4-,5-,6-,7-,8-,9-,10+,11+,12+,13-,14-,15-,16+,17-,18-/m1/s1. The zero-order chi connectivity index (χ0) is 25.3. The van der Waals surface area contributed by atoms with Crippen molar-refractivity contribution in [1.29, 1.82) is 0 Å². The summed E-state index contributed by atoms with van der Waals surface area (Å²) >= 11 is 0. The van der Waals surface area contributed by atoms with E-state index < -0.39 is 112 Å². The van der Waals surface area contributed by atoms with Crippen LogP contribution in [0.5, 0.6) is 0 Å². The van der Waals surface area contributed by atoms with Crippen LogP contribution < -0.4 is 0 Å². The number of hydrogen-bond donors (Lipinski definition) is 11. The van der Waals surface area contributed by atoms with Gasteiger partial charge in [-0.05, 0) is 0 Å². The van der Waals surface area contributed by atoms with E-state index in [-0.39, 0.29) is 0 Å². The Labute approximate surface area is 192 Å². The van der Waals surface area contributed by atoms with Crippen LogP contribution in [0.15, 0.2) is 0 Å². The minimum atomic E-state index is -1.87. The molecule has 3 aliphatic rings. The van der Waals surface area contributed by atoms with E-state index in [1.165, 1.54) is 0 Å². The van der Waals surface area contributed by atoms with Crippen LogP contribution in [0.2, 0.25) is 0 Å². The molecule has 0 bridgehead atoms. The van der Waals surface area contributed by atoms with Crippen LogP contribution in [-0.2, 0) is 23.7 Å². The summed E-state index contributed by atoms with van der Waals surface area (Å²) in [6.07, 6.45) is -24.9. The van der Waals surface area contributed by atoms with Gasteiger partial charge >= 0.3 is 0 Å². The topological polar surface area (TPSA) is 269 Å². The molecule has 3 aliphatic heterocycles. The molecule has 0 aromatic heterocycles. The third-order valence-electron chi connectivity index (χ3n) is 6.06. The molecule has 15 atom stereocenters. The minimum Gasteiger partial charge on any atom is -0.394 e. The number of ether oxygens (including phenoxy) is 5. The van der Waals surface area contributed by atoms with Crippen LogP contribution in [0.4, 0.5) is 0 Å². The largest absolute Gasteiger partial charge is 0.394 e. The van der Waals surface area contributed by atoms with Crippen molar-refractivity contribution < 1.29 is 79.9 Å². The van der Waals surface area contributed by atoms with E-state index in [4.69, 9.17) is 23.7 Å². The molecule has 16 nitrogen and oxygen atoms in total. The molecular weight excluding hydrogens is 472 g/mol. The smallest absolute Gasteiger partial charge is 0.189 e. The molecule has 3 rings (SSSR count). The third kappa shape index (κ3) is 5.52. The molecule has 3 fully saturated rings. The van der Waals surface area contributed by atoms with Crippen LogP contribution in [0.3, 0.4) is 0 Å². The molecule has 0 radical (unpaired) electrons. The summed E-state index contributed by atoms with van der Waals surface area (Å²) in [7, 11) is 0. The zero-order valence-corrected chi connectivity index (χ0v) is 17.7. The van der Waals surface area contributed by atoms with Crippen molar-refractivity contribution in [2.24, 2.45) is 0 Å². The van der Waals surface area contributed by atoms with E-state index in [0.29, 0.717) is 0 Å². The van der Waals surface area contributed by atoms with Gasteiger partial charge in [-0.2, -0.15) is 0 Å². The van der Waals surface area contributed by atoms with Crippen molar-refractivity contribution in [2.75, 3.05) is 19.8 Å². The highest BCUT2D eigenvalue weighted by Crippen LogP contribution is 2.29. The Bertz CT molecular complexity index is 635. The van der Waals surface area contributed by atoms with Crippen LogP contribution in [0, 0.1) is 0 Å². The van der Waals surface area contributed by atoms with Crippen molar-refractivity contribution in [3.8, 4) is 0 Å². The highest BCUT2D eigenvalue weighted by Gasteiger charge is 2.50. The summed E-state index contributed by atoms with van der Waals surface area (Å²) in [6, 6.07) is 0. The SMILES string of the molecule is OC[C@H]1O[C@H](OC[C@H]2O[C@H](O[C@H]3O[C@H](CO)[C@@H](O)[C@H](O)[C@H]3O)[C@H](O)[C@@H](O)[C@@H]2O)[C@H](O)[C@@H](O)[C@@H]1O. The van der Waals surface area contributed by atoms with Gasteiger partial charge in [-0.1, -0.05) is 0 Å². The maximum absolute atomic E-state index is 10.2. The van der Waals surface area contributed by atoms with Gasteiger partial charge in [0, 0.05) is 0 Å². The second-order valence-corrected chi connectivity index (χ2v) is 8.38. The second kappa shape index (κ2) is 11.6. The Kier molecular flexibility index (Phi) is 9.54. The van der Waals surface area contributed by atoms with E-state index in [1.54, 1.807) is 0 Å². The first-order valence-electron chi connectivity index (χ1n) is 10.6. The first-order chi connectivity index (χ1) is 16.0. The number of aliphatic hydroxyl groups is 11. The fraction of sp³-hybridized carbons (Fsp3) is 1.00. The van der Waals surface area contributed by atoms with Crippen LogP contribution >= 0.6 is 0 Å². The van der Waals surface area contributed by atoms with Gasteiger partial charge in [-0.3, -0.25) is 0 Å². The number of hydrogen-bond acceptors (Lipinski definition) is 16. The Balaban J connectivity index is 1.64. The van der Waals surface area contributed by atoms with Crippen LogP contribution in [0.25, 0.3) is 0 Å². The molecule has 3 saturated heterocycles. The third-order valence-corrected chi connectivity index (χ3v) is 6.06. The van der Waals surface area contributed by atoms with Crippen molar-refractivity contribution in [3.63, 3.8) is 0 Å². The summed E-state index contributed by atoms with van der Waals surface area (Å²) in [5.74, 6) is 0. The van der Waals surface area contributed by atoms with E-state index in [9.17, 15) is 56.2 Å². The Morgan fingerprint density at radius 3 is 1.24 bits per heavy atom. The Hall–Kier alpha value is -0.640. The van der Waals surface area contributed by atoms with Crippen molar-refractivity contribution in [2.45, 2.75) is 92.1 Å². The lowest BCUT2D eigenvalue weighted by atomic mass is 9.98. The predicted molar refractivity (Wildman–Crippen MR) is 101 cm³/mol. The highest BCUT2D eigenvalue weighted by molar-refractivity contribution is 4.93. The summed E-state index contributed by atoms with van der Waals surface area (Å²) in [6.45, 7) is -2.05. The fourth-order valence-electron chi connectivity index (χ4n) is 3.87. The van der Waals surface area contributed by atoms with Crippen molar-refractivity contribution in [1.82, 2.24) is 0 Å². The van der Waals surface area contributed by atoms with E-state index >= 15 is 0 Å². The lowest BCUT2D eigenvalue weighted by Gasteiger charge is -2.45. The number of aliphatic hydroxyl groups excluding tert-OH is 11. The van der Waals surface area contributed by atoms with Gasteiger partial charge in [-0.25, -0.2) is 0 Å². The maximum Gasteiger partial charge on any atom is 0.189 e. The summed E-state index contributed by atoms with van der Waals surface area (Å²) in [4.78, 5) is 0. The van der Waals surface area contributed by atoms with Gasteiger partial charge in [0.05, 0.1) is 19.8 Å². The predicted octanol–water partition coefficient (Wildman–Crippen LogP) is -7.57. The van der Waals surface area contributed by atoms with Crippen LogP contribution in [0.1, 0.15) is 0 Å². The molecule has 16 heteroatoms. The summed E-state index contributed by atoms with van der Waals surface area (Å²) in [5, 5.41) is 109. The molecule has 3 heterocycles. The Morgan fingerprint density at radius 1 is 0.441 bits per heavy atom. The first-order valence-corrected chi connectivity index (χ1v) is 10.6. The second-order valence-electron chi connectivity index (χ2n) is 8.38. The average Bonchev–Trinajstić information content (AvgIpc) is 2.83. The molecule has 0 amide bonds. The molecule has 0 aromatic rings. The highest BCUT2D eigenvalue weighted by atomic mass is 16.8. The lowest BCUT2D eigenvalue weighted by molar-refractivity contribution is -0.381. The first kappa shape index (κ1) is 27.9. The molecule has 0 aromatic carbocycles. The maximum atomic E-state index is 10.2. The Morgan fingerprint density at radius 2 is 0.794 bits per heavy atom. The van der Waals surface area contributed by atoms with Gasteiger partial charge in [0.15, 0.2) is 18.9 Å². The van der Waals surface area contributed by atoms with Gasteiger partial charge in [0.2, 0.25) is 0 Å². The minimum absolute atomic E-state index is 0.609. The number of rotatable bonds is 7.